The fraction of sp³-hybridized carbons (Fsp3) is 0. The third kappa shape index (κ3) is 5.99. The van der Waals surface area contributed by atoms with E-state index in [9.17, 15) is 17.6 Å². The van der Waals surface area contributed by atoms with Crippen molar-refractivity contribution in [3.05, 3.63) is 104 Å². The van der Waals surface area contributed by atoms with E-state index < -0.39 is 23.8 Å². The van der Waals surface area contributed by atoms with Gasteiger partial charge in [0.25, 0.3) is 0 Å². The van der Waals surface area contributed by atoms with Gasteiger partial charge in [-0.2, -0.15) is 11.2 Å². The number of hydrogen-bond donors (Lipinski definition) is 0. The third-order valence-electron chi connectivity index (χ3n) is 4.08. The SMILES string of the molecule is Fc1c[c-]c(-c2ncccn2)c(F)n1.Fc1c[c-]c(N2[CH-]N(c3ccccc3)C=N2)c(F)n1.[Pt]. The maximum atomic E-state index is 13.5. The van der Waals surface area contributed by atoms with E-state index in [1.165, 1.54) is 23.7 Å². The van der Waals surface area contributed by atoms with Gasteiger partial charge >= 0.3 is 0 Å². The van der Waals surface area contributed by atoms with Crippen molar-refractivity contribution in [3.8, 4) is 11.4 Å². The molecular formula is C22H12F4N7Pt-3. The zero-order valence-electron chi connectivity index (χ0n) is 16.9. The van der Waals surface area contributed by atoms with E-state index in [-0.39, 0.29) is 38.1 Å². The van der Waals surface area contributed by atoms with E-state index in [1.807, 2.05) is 30.3 Å². The van der Waals surface area contributed by atoms with Gasteiger partial charge in [-0.1, -0.05) is 29.8 Å². The molecule has 0 radical (unpaired) electrons. The Morgan fingerprint density at radius 1 is 0.794 bits per heavy atom. The summed E-state index contributed by atoms with van der Waals surface area (Å²) in [4.78, 5) is 15.4. The Bertz CT molecular complexity index is 1260. The molecule has 0 aliphatic carbocycles. The van der Waals surface area contributed by atoms with Gasteiger partial charge in [-0.3, -0.25) is 23.7 Å². The van der Waals surface area contributed by atoms with Gasteiger partial charge in [0, 0.05) is 39.1 Å². The number of pyridine rings is 2. The number of hydrogen-bond acceptors (Lipinski definition) is 7. The van der Waals surface area contributed by atoms with Crippen LogP contribution in [0.4, 0.5) is 28.9 Å². The largest absolute Gasteiger partial charge is 0.463 e. The van der Waals surface area contributed by atoms with Gasteiger partial charge in [0.15, 0.2) is 0 Å². The number of rotatable bonds is 3. The first-order valence-corrected chi connectivity index (χ1v) is 9.28. The third-order valence-corrected chi connectivity index (χ3v) is 4.08. The maximum Gasteiger partial charge on any atom is 0.130 e. The first-order chi connectivity index (χ1) is 16.0. The van der Waals surface area contributed by atoms with Crippen molar-refractivity contribution < 1.29 is 38.6 Å². The number of hydrazone groups is 1. The molecule has 12 heteroatoms. The van der Waals surface area contributed by atoms with Gasteiger partial charge in [0.1, 0.15) is 17.8 Å². The molecule has 34 heavy (non-hydrogen) atoms. The van der Waals surface area contributed by atoms with Crippen LogP contribution < -0.4 is 9.91 Å². The monoisotopic (exact) mass is 645 g/mol. The van der Waals surface area contributed by atoms with Crippen LogP contribution in [0.3, 0.4) is 0 Å². The van der Waals surface area contributed by atoms with Gasteiger partial charge in [0.2, 0.25) is 0 Å². The predicted molar refractivity (Wildman–Crippen MR) is 111 cm³/mol. The number of aromatic nitrogens is 4. The van der Waals surface area contributed by atoms with Crippen molar-refractivity contribution in [3.63, 3.8) is 0 Å². The molecule has 3 aromatic heterocycles. The fourth-order valence-corrected chi connectivity index (χ4v) is 2.62. The molecule has 0 saturated carbocycles. The van der Waals surface area contributed by atoms with Gasteiger partial charge in [0.05, 0.1) is 18.1 Å². The predicted octanol–water partition coefficient (Wildman–Crippen LogP) is 4.16. The van der Waals surface area contributed by atoms with Crippen molar-refractivity contribution in [1.82, 2.24) is 19.9 Å². The van der Waals surface area contributed by atoms with Crippen LogP contribution >= 0.6 is 0 Å². The summed E-state index contributed by atoms with van der Waals surface area (Å²) < 4.78 is 51.7. The number of benzene rings is 1. The van der Waals surface area contributed by atoms with Crippen molar-refractivity contribution in [1.29, 1.82) is 0 Å². The molecule has 0 atom stereocenters. The maximum absolute atomic E-state index is 13.5. The molecule has 0 unspecified atom stereocenters. The molecule has 4 heterocycles. The molecule has 1 aliphatic heterocycles. The number of halogens is 4. The summed E-state index contributed by atoms with van der Waals surface area (Å²) in [7, 11) is 0. The van der Waals surface area contributed by atoms with Crippen LogP contribution in [0.2, 0.25) is 0 Å². The summed E-state index contributed by atoms with van der Waals surface area (Å²) >= 11 is 0. The Balaban J connectivity index is 0.000000193. The second kappa shape index (κ2) is 11.4. The normalized spacial score (nSPS) is 12.1. The van der Waals surface area contributed by atoms with Crippen LogP contribution in [0.15, 0.2) is 66.0 Å². The summed E-state index contributed by atoms with van der Waals surface area (Å²) in [5, 5.41) is 5.24. The van der Waals surface area contributed by atoms with Crippen LogP contribution in [0.5, 0.6) is 0 Å². The van der Waals surface area contributed by atoms with Gasteiger partial charge in [-0.05, 0) is 23.9 Å². The average molecular weight is 645 g/mol. The molecule has 0 amide bonds. The first kappa shape index (κ1) is 24.9. The molecule has 7 nitrogen and oxygen atoms in total. The zero-order valence-corrected chi connectivity index (χ0v) is 19.2. The van der Waals surface area contributed by atoms with Crippen molar-refractivity contribution in [2.45, 2.75) is 0 Å². The van der Waals surface area contributed by atoms with E-state index >= 15 is 0 Å². The van der Waals surface area contributed by atoms with E-state index in [2.05, 4.69) is 37.2 Å². The summed E-state index contributed by atoms with van der Waals surface area (Å²) in [6.07, 6.45) is 4.43. The smallest absolute Gasteiger partial charge is 0.130 e. The van der Waals surface area contributed by atoms with E-state index in [0.29, 0.717) is 0 Å². The Hall–Kier alpha value is -3.72. The Morgan fingerprint density at radius 2 is 1.44 bits per heavy atom. The van der Waals surface area contributed by atoms with Gasteiger partial charge in [-0.25, -0.2) is 8.78 Å². The van der Waals surface area contributed by atoms with Crippen LogP contribution in [0.25, 0.3) is 11.4 Å². The Morgan fingerprint density at radius 3 is 2.09 bits per heavy atom. The Kier molecular flexibility index (Phi) is 8.37. The number of nitrogens with zero attached hydrogens (tertiary/aromatic N) is 7. The minimum atomic E-state index is -0.962. The fourth-order valence-electron chi connectivity index (χ4n) is 2.62. The molecule has 5 rings (SSSR count). The molecular weight excluding hydrogens is 633 g/mol. The van der Waals surface area contributed by atoms with E-state index in [0.717, 1.165) is 17.8 Å². The first-order valence-electron chi connectivity index (χ1n) is 9.28. The van der Waals surface area contributed by atoms with Gasteiger partial charge in [-0.15, -0.1) is 18.8 Å². The quantitative estimate of drug-likeness (QED) is 0.190. The van der Waals surface area contributed by atoms with Crippen LogP contribution in [0, 0.1) is 42.6 Å². The molecule has 1 aromatic carbocycles. The second-order valence-electron chi connectivity index (χ2n) is 6.26. The molecule has 0 fully saturated rings. The average Bonchev–Trinajstić information content (AvgIpc) is 3.31. The molecule has 1 aliphatic rings. The van der Waals surface area contributed by atoms with E-state index in [4.69, 9.17) is 0 Å². The van der Waals surface area contributed by atoms with Crippen LogP contribution in [-0.4, -0.2) is 26.3 Å². The van der Waals surface area contributed by atoms with Crippen molar-refractivity contribution in [2.24, 2.45) is 5.10 Å². The molecule has 0 bridgehead atoms. The molecule has 0 spiro atoms. The molecule has 4 aromatic rings. The van der Waals surface area contributed by atoms with Crippen LogP contribution in [-0.2, 0) is 21.1 Å². The summed E-state index contributed by atoms with van der Waals surface area (Å²) in [5.74, 6) is -3.61. The van der Waals surface area contributed by atoms with Crippen molar-refractivity contribution in [2.75, 3.05) is 9.91 Å². The molecule has 0 N–H and O–H groups in total. The van der Waals surface area contributed by atoms with Gasteiger partial charge < -0.3 is 14.9 Å². The summed E-state index contributed by atoms with van der Waals surface area (Å²) in [5.41, 5.74) is 0.812. The molecule has 0 saturated heterocycles. The number of anilines is 2. The zero-order chi connectivity index (χ0) is 23.2. The summed E-state index contributed by atoms with van der Waals surface area (Å²) in [6.45, 7) is 1.56. The van der Waals surface area contributed by atoms with Crippen molar-refractivity contribution >= 4 is 17.7 Å². The summed E-state index contributed by atoms with van der Waals surface area (Å²) in [6, 6.07) is 17.8. The molecule has 176 valence electrons. The minimum Gasteiger partial charge on any atom is -0.463 e. The number of para-hydroxylation sites is 1. The van der Waals surface area contributed by atoms with E-state index in [1.54, 1.807) is 17.6 Å². The standard InChI is InChI=1S/C13H8F2N4.C9H4F2N3.Pt/c14-12-7-6-11(13(15)17-12)19-9-18(8-16-19)10-4-2-1-3-5-10;10-7-3-2-6(8(11)14-7)9-12-4-1-5-13-9;/h1-5,7-9H;1,3-5H;/q-2;-1;. The Labute approximate surface area is 206 Å². The van der Waals surface area contributed by atoms with Crippen LogP contribution in [0.1, 0.15) is 0 Å². The second-order valence-corrected chi connectivity index (χ2v) is 6.26. The topological polar surface area (TPSA) is 70.4 Å². The minimum absolute atomic E-state index is 0.